The van der Waals surface area contributed by atoms with Gasteiger partial charge in [-0.15, -0.1) is 0 Å². The average molecular weight is 111 g/mol. The molecule has 8 heavy (non-hydrogen) atoms. The fourth-order valence-electron chi connectivity index (χ4n) is 0.531. The molecule has 0 unspecified atom stereocenters. The summed E-state index contributed by atoms with van der Waals surface area (Å²) < 4.78 is 0. The summed E-state index contributed by atoms with van der Waals surface area (Å²) in [6.45, 7) is -0.0898. The molecule has 1 N–H and O–H groups in total. The van der Waals surface area contributed by atoms with Crippen LogP contribution in [0.3, 0.4) is 0 Å². The van der Waals surface area contributed by atoms with Gasteiger partial charge in [0.2, 0.25) is 0 Å². The van der Waals surface area contributed by atoms with E-state index in [1.54, 1.807) is 12.4 Å². The van der Waals surface area contributed by atoms with E-state index in [0.717, 1.165) is 5.82 Å². The van der Waals surface area contributed by atoms with Gasteiger partial charge in [-0.05, 0) is 0 Å². The van der Waals surface area contributed by atoms with Crippen LogP contribution in [0.1, 0.15) is 5.82 Å². The van der Waals surface area contributed by atoms with Crippen molar-refractivity contribution in [2.24, 2.45) is 0 Å². The van der Waals surface area contributed by atoms with Gasteiger partial charge in [-0.2, -0.15) is 0 Å². The summed E-state index contributed by atoms with van der Waals surface area (Å²) in [5, 5.41) is 9.94. The van der Waals surface area contributed by atoms with Crippen molar-refractivity contribution >= 4 is 0 Å². The molecule has 43 valence electrons. The molecule has 0 aliphatic carbocycles. The van der Waals surface area contributed by atoms with Crippen LogP contribution in [-0.2, 0) is 11.5 Å². The minimum absolute atomic E-state index is 0.0898. The predicted molar refractivity (Wildman–Crippen MR) is 27.8 cm³/mol. The molecule has 1 aromatic heterocycles. The lowest BCUT2D eigenvalue weighted by atomic mass is 10.4. The van der Waals surface area contributed by atoms with Crippen molar-refractivity contribution in [2.75, 3.05) is 6.61 Å². The van der Waals surface area contributed by atoms with Crippen LogP contribution in [0.2, 0.25) is 0 Å². The molecule has 1 radical (unpaired) electrons. The Kier molecular flexibility index (Phi) is 1.64. The lowest BCUT2D eigenvalue weighted by Gasteiger charge is -1.84. The van der Waals surface area contributed by atoms with Gasteiger partial charge in [0.15, 0.2) is 0 Å². The molecule has 0 aromatic carbocycles. The highest BCUT2D eigenvalue weighted by molar-refractivity contribution is 4.86. The van der Waals surface area contributed by atoms with Gasteiger partial charge >= 0.3 is 0 Å². The maximum Gasteiger partial charge on any atom is 0.108 e. The minimum atomic E-state index is -0.0898. The topological polar surface area (TPSA) is 48.6 Å². The molecule has 1 aromatic rings. The summed E-state index contributed by atoms with van der Waals surface area (Å²) >= 11 is 0. The Bertz CT molecular complexity index is 136. The van der Waals surface area contributed by atoms with Crippen LogP contribution in [0.5, 0.6) is 0 Å². The Labute approximate surface area is 47.4 Å². The molecule has 0 saturated heterocycles. The van der Waals surface area contributed by atoms with E-state index < -0.39 is 0 Å². The second-order valence-corrected chi connectivity index (χ2v) is 1.49. The second-order valence-electron chi connectivity index (χ2n) is 1.49. The third kappa shape index (κ3) is 1.07. The van der Waals surface area contributed by atoms with E-state index >= 15 is 0 Å². The van der Waals surface area contributed by atoms with Crippen LogP contribution < -0.4 is 0 Å². The van der Waals surface area contributed by atoms with Crippen molar-refractivity contribution in [1.82, 2.24) is 9.97 Å². The Balaban J connectivity index is 2.50. The first-order chi connectivity index (χ1) is 3.93. The van der Waals surface area contributed by atoms with E-state index in [-0.39, 0.29) is 6.61 Å². The van der Waals surface area contributed by atoms with Gasteiger partial charge in [0, 0.05) is 18.8 Å². The minimum Gasteiger partial charge on any atom is -0.349 e. The van der Waals surface area contributed by atoms with E-state index in [1.165, 1.54) is 0 Å². The summed E-state index contributed by atoms with van der Waals surface area (Å²) in [5.41, 5.74) is 0. The maximum atomic E-state index is 9.94. The summed E-state index contributed by atoms with van der Waals surface area (Å²) in [7, 11) is 0. The number of nitrogens with one attached hydrogen (secondary N) is 1. The number of rotatable bonds is 2. The number of H-pyrrole nitrogens is 1. The zero-order chi connectivity index (χ0) is 5.82. The van der Waals surface area contributed by atoms with Crippen LogP contribution in [0.25, 0.3) is 0 Å². The highest BCUT2D eigenvalue weighted by Crippen LogP contribution is 1.86. The largest absolute Gasteiger partial charge is 0.349 e. The van der Waals surface area contributed by atoms with E-state index in [0.29, 0.717) is 6.42 Å². The quantitative estimate of drug-likeness (QED) is 0.589. The normalized spacial score (nSPS) is 9.62. The number of nitrogens with zero attached hydrogens (tertiary/aromatic N) is 1. The Morgan fingerprint density at radius 3 is 3.12 bits per heavy atom. The van der Waals surface area contributed by atoms with E-state index in [1.807, 2.05) is 0 Å². The zero-order valence-electron chi connectivity index (χ0n) is 4.42. The Morgan fingerprint density at radius 2 is 2.62 bits per heavy atom. The number of imidazole rings is 1. The molecule has 0 saturated carbocycles. The van der Waals surface area contributed by atoms with Gasteiger partial charge in [-0.3, -0.25) is 0 Å². The van der Waals surface area contributed by atoms with Gasteiger partial charge in [0.25, 0.3) is 0 Å². The predicted octanol–water partition coefficient (Wildman–Crippen LogP) is 0.383. The standard InChI is InChI=1S/C5H7N2O/c8-4-1-5-6-2-3-7-5/h2-3H,1,4H2,(H,6,7). The second kappa shape index (κ2) is 2.47. The van der Waals surface area contributed by atoms with Crippen molar-refractivity contribution < 1.29 is 5.11 Å². The van der Waals surface area contributed by atoms with Crippen molar-refractivity contribution in [2.45, 2.75) is 6.42 Å². The van der Waals surface area contributed by atoms with Crippen molar-refractivity contribution in [3.63, 3.8) is 0 Å². The fraction of sp³-hybridized carbons (Fsp3) is 0.400. The smallest absolute Gasteiger partial charge is 0.108 e. The molecule has 0 atom stereocenters. The van der Waals surface area contributed by atoms with E-state index in [4.69, 9.17) is 0 Å². The van der Waals surface area contributed by atoms with Gasteiger partial charge in [-0.1, -0.05) is 0 Å². The third-order valence-electron chi connectivity index (χ3n) is 0.894. The molecule has 0 aliphatic heterocycles. The molecule has 3 heteroatoms. The highest BCUT2D eigenvalue weighted by atomic mass is 16.3. The van der Waals surface area contributed by atoms with Crippen LogP contribution in [0.15, 0.2) is 12.4 Å². The molecule has 0 amide bonds. The first-order valence-corrected chi connectivity index (χ1v) is 2.50. The van der Waals surface area contributed by atoms with Crippen LogP contribution >= 0.6 is 0 Å². The lowest BCUT2D eigenvalue weighted by Crippen LogP contribution is -1.90. The van der Waals surface area contributed by atoms with Crippen LogP contribution in [-0.4, -0.2) is 16.6 Å². The van der Waals surface area contributed by atoms with Crippen LogP contribution in [0.4, 0.5) is 0 Å². The summed E-state index contributed by atoms with van der Waals surface area (Å²) in [5.74, 6) is 0.778. The molecular formula is C5H7N2O. The molecule has 3 nitrogen and oxygen atoms in total. The van der Waals surface area contributed by atoms with Crippen molar-refractivity contribution in [3.05, 3.63) is 18.2 Å². The van der Waals surface area contributed by atoms with Gasteiger partial charge in [0.05, 0.1) is 6.61 Å². The summed E-state index contributed by atoms with van der Waals surface area (Å²) in [4.78, 5) is 6.68. The van der Waals surface area contributed by atoms with Crippen molar-refractivity contribution in [1.29, 1.82) is 0 Å². The number of hydrogen-bond acceptors (Lipinski definition) is 1. The number of hydrogen-bond donors (Lipinski definition) is 1. The monoisotopic (exact) mass is 111 g/mol. The third-order valence-corrected chi connectivity index (χ3v) is 0.894. The molecular weight excluding hydrogens is 104 g/mol. The van der Waals surface area contributed by atoms with Crippen molar-refractivity contribution in [3.8, 4) is 0 Å². The molecule has 0 fully saturated rings. The van der Waals surface area contributed by atoms with Gasteiger partial charge in [-0.25, -0.2) is 10.1 Å². The summed E-state index contributed by atoms with van der Waals surface area (Å²) in [6.07, 6.45) is 3.86. The molecule has 0 aliphatic rings. The lowest BCUT2D eigenvalue weighted by molar-refractivity contribution is 0.195. The first kappa shape index (κ1) is 5.31. The molecule has 1 heterocycles. The Morgan fingerprint density at radius 1 is 1.75 bits per heavy atom. The summed E-state index contributed by atoms with van der Waals surface area (Å²) in [6, 6.07) is 0. The molecule has 1 rings (SSSR count). The fourth-order valence-corrected chi connectivity index (χ4v) is 0.531. The SMILES string of the molecule is [O]CCc1ncc[nH]1. The molecule has 0 spiro atoms. The zero-order valence-corrected chi connectivity index (χ0v) is 4.42. The van der Waals surface area contributed by atoms with Gasteiger partial charge in [0.1, 0.15) is 5.82 Å². The number of aromatic nitrogens is 2. The Hall–Kier alpha value is -0.830. The maximum absolute atomic E-state index is 9.94. The highest BCUT2D eigenvalue weighted by Gasteiger charge is 1.89. The first-order valence-electron chi connectivity index (χ1n) is 2.50. The average Bonchev–Trinajstić information content (AvgIpc) is 2.19. The number of aromatic amines is 1. The van der Waals surface area contributed by atoms with E-state index in [9.17, 15) is 5.11 Å². The van der Waals surface area contributed by atoms with Crippen LogP contribution in [0, 0.1) is 0 Å². The van der Waals surface area contributed by atoms with Gasteiger partial charge < -0.3 is 4.98 Å². The van der Waals surface area contributed by atoms with E-state index in [2.05, 4.69) is 9.97 Å². The molecule has 0 bridgehead atoms.